The quantitative estimate of drug-likeness (QED) is 0.0525. The van der Waals surface area contributed by atoms with Crippen LogP contribution in [0.1, 0.15) is 82.5 Å². The topological polar surface area (TPSA) is 216 Å². The van der Waals surface area contributed by atoms with Crippen molar-refractivity contribution in [2.24, 2.45) is 4.99 Å². The molecule has 18 nitrogen and oxygen atoms in total. The van der Waals surface area contributed by atoms with E-state index in [1.807, 2.05) is 59.5 Å². The third kappa shape index (κ3) is 10.6. The predicted molar refractivity (Wildman–Crippen MR) is 274 cm³/mol. The Hall–Kier alpha value is -8.41. The first-order valence-corrected chi connectivity index (χ1v) is 24.2. The number of nitrogens with zero attached hydrogens (tertiary/aromatic N) is 3. The molecule has 0 saturated carbocycles. The zero-order valence-electron chi connectivity index (χ0n) is 41.2. The minimum Gasteiger partial charge on any atom is -0.493 e. The normalized spacial score (nSPS) is 16.6. The van der Waals surface area contributed by atoms with Crippen LogP contribution in [0.2, 0.25) is 0 Å². The Bertz CT molecular complexity index is 3030. The van der Waals surface area contributed by atoms with Crippen LogP contribution < -0.4 is 50.0 Å². The van der Waals surface area contributed by atoms with E-state index >= 15 is 0 Å². The second kappa shape index (κ2) is 21.5. The average molecular weight is 992 g/mol. The van der Waals surface area contributed by atoms with Crippen molar-refractivity contribution >= 4 is 70.2 Å². The summed E-state index contributed by atoms with van der Waals surface area (Å²) in [5, 5.41) is 11.7. The molecular formula is C55H57N7O11. The molecule has 9 rings (SSSR count). The number of para-hydroxylation sites is 2. The molecule has 0 aliphatic carbocycles. The molecule has 0 radical (unpaired) electrons. The van der Waals surface area contributed by atoms with E-state index in [0.29, 0.717) is 88.1 Å². The third-order valence-corrected chi connectivity index (χ3v) is 13.4. The molecule has 73 heavy (non-hydrogen) atoms. The third-order valence-electron chi connectivity index (χ3n) is 13.4. The Kier molecular flexibility index (Phi) is 14.6. The Morgan fingerprint density at radius 1 is 0.685 bits per heavy atom. The van der Waals surface area contributed by atoms with E-state index in [2.05, 4.69) is 26.0 Å². The van der Waals surface area contributed by atoms with Crippen LogP contribution in [-0.4, -0.2) is 93.8 Å². The van der Waals surface area contributed by atoms with E-state index in [4.69, 9.17) is 23.9 Å². The second-order valence-electron chi connectivity index (χ2n) is 18.4. The lowest BCUT2D eigenvalue weighted by molar-refractivity contribution is -0.140. The van der Waals surface area contributed by atoms with Crippen molar-refractivity contribution in [1.29, 1.82) is 0 Å². The number of carbonyl (C=O) groups excluding carboxylic acids is 6. The summed E-state index contributed by atoms with van der Waals surface area (Å²) < 4.78 is 29.0. The van der Waals surface area contributed by atoms with Gasteiger partial charge in [0.25, 0.3) is 11.8 Å². The molecule has 4 atom stereocenters. The molecule has 18 heteroatoms. The number of rotatable bonds is 18. The summed E-state index contributed by atoms with van der Waals surface area (Å²) in [5.74, 6) is -0.790. The van der Waals surface area contributed by atoms with Crippen LogP contribution >= 0.6 is 0 Å². The van der Waals surface area contributed by atoms with Gasteiger partial charge < -0.3 is 49.9 Å². The van der Waals surface area contributed by atoms with E-state index in [-0.39, 0.29) is 61.8 Å². The summed E-state index contributed by atoms with van der Waals surface area (Å²) in [6.07, 6.45) is 4.36. The van der Waals surface area contributed by atoms with Gasteiger partial charge in [-0.1, -0.05) is 36.4 Å². The van der Waals surface area contributed by atoms with Gasteiger partial charge in [-0.25, -0.2) is 0 Å². The van der Waals surface area contributed by atoms with Gasteiger partial charge in [-0.2, -0.15) is 0 Å². The monoisotopic (exact) mass is 991 g/mol. The van der Waals surface area contributed by atoms with Crippen LogP contribution in [0.3, 0.4) is 0 Å². The molecule has 0 fully saturated rings. The number of nitrogens with one attached hydrogen (secondary N) is 4. The fraction of sp³-hybridized carbons (Fsp3) is 0.327. The summed E-state index contributed by atoms with van der Waals surface area (Å²) >= 11 is 0. The number of esters is 1. The van der Waals surface area contributed by atoms with Crippen LogP contribution in [0.5, 0.6) is 23.0 Å². The van der Waals surface area contributed by atoms with Crippen molar-refractivity contribution in [3.8, 4) is 23.0 Å². The zero-order valence-corrected chi connectivity index (χ0v) is 41.2. The van der Waals surface area contributed by atoms with Crippen molar-refractivity contribution in [1.82, 2.24) is 10.6 Å². The summed E-state index contributed by atoms with van der Waals surface area (Å²) in [5.41, 5.74) is 7.39. The molecule has 0 saturated heterocycles. The second-order valence-corrected chi connectivity index (χ2v) is 18.4. The van der Waals surface area contributed by atoms with Gasteiger partial charge in [0.2, 0.25) is 17.7 Å². The Balaban J connectivity index is 0.931. The molecule has 378 valence electrons. The number of ether oxygens (including phenoxy) is 5. The maximum Gasteiger partial charge on any atom is 0.305 e. The maximum atomic E-state index is 14.1. The highest BCUT2D eigenvalue weighted by atomic mass is 16.5. The highest BCUT2D eigenvalue weighted by Crippen LogP contribution is 2.43. The number of methoxy groups -OCH3 is 3. The molecular weight excluding hydrogens is 935 g/mol. The summed E-state index contributed by atoms with van der Waals surface area (Å²) in [4.78, 5) is 87.3. The Morgan fingerprint density at radius 2 is 1.29 bits per heavy atom. The zero-order chi connectivity index (χ0) is 51.3. The molecule has 4 N–H and O–H groups in total. The first-order chi connectivity index (χ1) is 35.3. The van der Waals surface area contributed by atoms with E-state index in [1.54, 1.807) is 47.5 Å². The molecule has 5 amide bonds. The molecule has 0 spiro atoms. The van der Waals surface area contributed by atoms with Gasteiger partial charge in [0.05, 0.1) is 55.9 Å². The highest BCUT2D eigenvalue weighted by molar-refractivity contribution is 6.15. The number of anilines is 4. The Labute approximate surface area is 422 Å². The maximum absolute atomic E-state index is 14.1. The van der Waals surface area contributed by atoms with Gasteiger partial charge in [0.15, 0.2) is 23.0 Å². The number of hydrogen-bond donors (Lipinski definition) is 4. The summed E-state index contributed by atoms with van der Waals surface area (Å²) in [6.45, 7) is 3.55. The van der Waals surface area contributed by atoms with Crippen molar-refractivity contribution in [3.63, 3.8) is 0 Å². The summed E-state index contributed by atoms with van der Waals surface area (Å²) in [7, 11) is 4.30. The van der Waals surface area contributed by atoms with Crippen LogP contribution in [0.15, 0.2) is 96.0 Å². The number of fused-ring (bicyclic) bond motifs is 8. The lowest BCUT2D eigenvalue weighted by Crippen LogP contribution is -2.50. The fourth-order valence-corrected chi connectivity index (χ4v) is 9.62. The molecule has 0 aromatic heterocycles. The van der Waals surface area contributed by atoms with Crippen molar-refractivity contribution in [2.75, 3.05) is 48.3 Å². The predicted octanol–water partition coefficient (Wildman–Crippen LogP) is 6.83. The standard InChI is InChI=1S/C55H57N7O11/c1-31(58-50(63)16-10-11-17-51(64)71-5)52(65)59-32(2)53(66)60-37-19-33(29-72-48-25-42-40(23-46(48)69-3)54(67)61-38(27-56-42)21-35-12-6-8-14-44(35)61)18-34(20-37)30-73-49-26-43-41(24-47(49)70-4)55(68)62-39(28-57-43)22-36-13-7-9-15-45(36)62/h6-9,12-15,18-20,23-27,31-32,38-39,57H,10-11,16-17,21-22,28-30H2,1-5H3,(H,58,63)(H,59,65)(H,60,66)/t31-,32-,38-,39?/m0/s1. The van der Waals surface area contributed by atoms with Gasteiger partial charge in [-0.15, -0.1) is 0 Å². The highest BCUT2D eigenvalue weighted by Gasteiger charge is 2.39. The molecule has 4 aliphatic rings. The van der Waals surface area contributed by atoms with E-state index < -0.39 is 23.9 Å². The van der Waals surface area contributed by atoms with Crippen LogP contribution in [0.4, 0.5) is 28.4 Å². The van der Waals surface area contributed by atoms with E-state index in [1.165, 1.54) is 35.2 Å². The van der Waals surface area contributed by atoms with E-state index in [0.717, 1.165) is 28.9 Å². The van der Waals surface area contributed by atoms with Gasteiger partial charge >= 0.3 is 5.97 Å². The van der Waals surface area contributed by atoms with Crippen LogP contribution in [0.25, 0.3) is 0 Å². The van der Waals surface area contributed by atoms with Crippen LogP contribution in [-0.2, 0) is 50.0 Å². The number of hydrogen-bond acceptors (Lipinski definition) is 13. The van der Waals surface area contributed by atoms with E-state index in [9.17, 15) is 28.8 Å². The number of carbonyl (C=O) groups is 6. The minimum absolute atomic E-state index is 0.00604. The molecule has 0 bridgehead atoms. The first kappa shape index (κ1) is 49.6. The molecule has 5 aromatic rings. The van der Waals surface area contributed by atoms with Gasteiger partial charge in [-0.3, -0.25) is 38.7 Å². The largest absolute Gasteiger partial charge is 0.493 e. The molecule has 4 heterocycles. The fourth-order valence-electron chi connectivity index (χ4n) is 9.62. The van der Waals surface area contributed by atoms with Crippen molar-refractivity contribution in [3.05, 3.63) is 124 Å². The smallest absolute Gasteiger partial charge is 0.305 e. The molecule has 4 aliphatic heterocycles. The first-order valence-electron chi connectivity index (χ1n) is 24.2. The van der Waals surface area contributed by atoms with Crippen LogP contribution in [0, 0.1) is 0 Å². The summed E-state index contributed by atoms with van der Waals surface area (Å²) in [6, 6.07) is 25.5. The average Bonchev–Trinajstić information content (AvgIpc) is 3.89. The molecule has 5 aromatic carbocycles. The van der Waals surface area contributed by atoms with Crippen molar-refractivity contribution in [2.45, 2.75) is 89.8 Å². The van der Waals surface area contributed by atoms with Gasteiger partial charge in [0, 0.05) is 61.2 Å². The van der Waals surface area contributed by atoms with Crippen molar-refractivity contribution < 1.29 is 52.5 Å². The van der Waals surface area contributed by atoms with Gasteiger partial charge in [-0.05, 0) is 97.8 Å². The lowest BCUT2D eigenvalue weighted by Gasteiger charge is -2.22. The lowest BCUT2D eigenvalue weighted by atomic mass is 10.1. The minimum atomic E-state index is -1.02. The number of aliphatic imine (C=N–C) groups is 1. The number of amides is 5. The van der Waals surface area contributed by atoms with Gasteiger partial charge in [0.1, 0.15) is 25.3 Å². The molecule has 1 unspecified atom stereocenters. The number of benzene rings is 5. The SMILES string of the molecule is COC(=O)CCCCC(=O)N[C@@H](C)C(=O)N[C@@H](C)C(=O)Nc1cc(COc2cc3c(cc2OC)C(=O)N2c4ccccc4C[C@H]2C=N3)cc(COc2cc3c(cc2OC)C(=O)N2c4ccccc4CC2CN3)c1. The Morgan fingerprint density at radius 3 is 1.97 bits per heavy atom. The number of unbranched alkanes of at least 4 members (excludes halogenated alkanes) is 1.